The van der Waals surface area contributed by atoms with Crippen molar-refractivity contribution in [3.05, 3.63) is 44.6 Å². The lowest BCUT2D eigenvalue weighted by atomic mass is 10.1. The van der Waals surface area contributed by atoms with Gasteiger partial charge in [-0.05, 0) is 43.2 Å². The van der Waals surface area contributed by atoms with Crippen molar-refractivity contribution in [1.29, 1.82) is 0 Å². The van der Waals surface area contributed by atoms with E-state index in [1.165, 1.54) is 10.4 Å². The van der Waals surface area contributed by atoms with Gasteiger partial charge in [0.2, 0.25) is 11.8 Å². The van der Waals surface area contributed by atoms with Crippen LogP contribution < -0.4 is 0 Å². The smallest absolute Gasteiger partial charge is 0.249 e. The molecule has 0 radical (unpaired) electrons. The van der Waals surface area contributed by atoms with Crippen molar-refractivity contribution in [2.24, 2.45) is 0 Å². The normalized spacial score (nSPS) is 10.9. The van der Waals surface area contributed by atoms with E-state index in [4.69, 9.17) is 4.42 Å². The maximum atomic E-state index is 5.82. The number of thiophene rings is 1. The summed E-state index contributed by atoms with van der Waals surface area (Å²) in [6.07, 6.45) is 0.973. The molecule has 3 nitrogen and oxygen atoms in total. The Morgan fingerprint density at radius 2 is 1.85 bits per heavy atom. The topological polar surface area (TPSA) is 38.9 Å². The van der Waals surface area contributed by atoms with E-state index in [9.17, 15) is 0 Å². The lowest BCUT2D eigenvalue weighted by Crippen LogP contribution is -1.84. The van der Waals surface area contributed by atoms with E-state index < -0.39 is 0 Å². The number of nitrogens with zero attached hydrogens (tertiary/aromatic N) is 2. The highest BCUT2D eigenvalue weighted by atomic mass is 79.9. The molecular formula is C15H13BrN2OS. The van der Waals surface area contributed by atoms with E-state index >= 15 is 0 Å². The number of hydrogen-bond acceptors (Lipinski definition) is 4. The van der Waals surface area contributed by atoms with Crippen LogP contribution in [0.25, 0.3) is 22.9 Å². The first-order chi connectivity index (χ1) is 9.69. The van der Waals surface area contributed by atoms with Gasteiger partial charge in [-0.2, -0.15) is 0 Å². The van der Waals surface area contributed by atoms with Crippen molar-refractivity contribution in [2.75, 3.05) is 0 Å². The second kappa shape index (κ2) is 5.50. The molecule has 0 saturated heterocycles. The number of aryl methyl sites for hydroxylation is 1. The largest absolute Gasteiger partial charge is 0.416 e. The monoisotopic (exact) mass is 348 g/mol. The van der Waals surface area contributed by atoms with E-state index in [-0.39, 0.29) is 0 Å². The molecule has 102 valence electrons. The predicted octanol–water partition coefficient (Wildman–Crippen LogP) is 5.10. The molecule has 0 fully saturated rings. The zero-order chi connectivity index (χ0) is 14.1. The summed E-state index contributed by atoms with van der Waals surface area (Å²) in [5.41, 5.74) is 3.28. The maximum Gasteiger partial charge on any atom is 0.249 e. The fourth-order valence-corrected chi connectivity index (χ4v) is 3.34. The molecule has 3 aromatic rings. The molecule has 0 saturated carbocycles. The van der Waals surface area contributed by atoms with Gasteiger partial charge in [0.25, 0.3) is 0 Å². The molecule has 0 atom stereocenters. The molecule has 0 aliphatic heterocycles. The summed E-state index contributed by atoms with van der Waals surface area (Å²) in [6.45, 7) is 4.27. The van der Waals surface area contributed by atoms with Crippen LogP contribution in [0.3, 0.4) is 0 Å². The SMILES string of the molecule is CCc1c(-c2nnc(-c3ccc(Br)cc3)o2)csc1C. The Bertz CT molecular complexity index is 731. The quantitative estimate of drug-likeness (QED) is 0.660. The molecule has 0 aliphatic carbocycles. The summed E-state index contributed by atoms with van der Waals surface area (Å²) in [5, 5.41) is 10.4. The van der Waals surface area contributed by atoms with E-state index in [2.05, 4.69) is 45.4 Å². The molecule has 20 heavy (non-hydrogen) atoms. The van der Waals surface area contributed by atoms with Gasteiger partial charge in [-0.25, -0.2) is 0 Å². The maximum absolute atomic E-state index is 5.82. The van der Waals surface area contributed by atoms with Crippen molar-refractivity contribution in [1.82, 2.24) is 10.2 Å². The van der Waals surface area contributed by atoms with Crippen LogP contribution in [0.2, 0.25) is 0 Å². The minimum atomic E-state index is 0.554. The van der Waals surface area contributed by atoms with Crippen molar-refractivity contribution in [3.8, 4) is 22.9 Å². The molecule has 0 aliphatic rings. The number of benzene rings is 1. The molecule has 2 aromatic heterocycles. The minimum absolute atomic E-state index is 0.554. The number of halogens is 1. The summed E-state index contributed by atoms with van der Waals surface area (Å²) >= 11 is 5.14. The molecule has 5 heteroatoms. The van der Waals surface area contributed by atoms with Crippen LogP contribution in [0, 0.1) is 6.92 Å². The van der Waals surface area contributed by atoms with Crippen LogP contribution in [0.5, 0.6) is 0 Å². The first kappa shape index (κ1) is 13.5. The molecular weight excluding hydrogens is 336 g/mol. The molecule has 0 amide bonds. The average Bonchev–Trinajstić information content (AvgIpc) is 3.06. The zero-order valence-corrected chi connectivity index (χ0v) is 13.6. The third-order valence-corrected chi connectivity index (χ3v) is 4.69. The van der Waals surface area contributed by atoms with Gasteiger partial charge in [0, 0.05) is 20.3 Å². The van der Waals surface area contributed by atoms with Crippen LogP contribution in [0.15, 0.2) is 38.5 Å². The number of rotatable bonds is 3. The van der Waals surface area contributed by atoms with Crippen LogP contribution in [0.1, 0.15) is 17.4 Å². The van der Waals surface area contributed by atoms with Gasteiger partial charge in [-0.15, -0.1) is 21.5 Å². The molecule has 0 unspecified atom stereocenters. The van der Waals surface area contributed by atoms with Crippen molar-refractivity contribution in [3.63, 3.8) is 0 Å². The van der Waals surface area contributed by atoms with Crippen molar-refractivity contribution >= 4 is 27.3 Å². The summed E-state index contributed by atoms with van der Waals surface area (Å²) in [6, 6.07) is 7.85. The first-order valence-electron chi connectivity index (χ1n) is 6.35. The number of aromatic nitrogens is 2. The summed E-state index contributed by atoms with van der Waals surface area (Å²) < 4.78 is 6.85. The van der Waals surface area contributed by atoms with Crippen LogP contribution in [0.4, 0.5) is 0 Å². The van der Waals surface area contributed by atoms with Gasteiger partial charge >= 0.3 is 0 Å². The number of hydrogen-bond donors (Lipinski definition) is 0. The fourth-order valence-electron chi connectivity index (χ4n) is 2.14. The zero-order valence-electron chi connectivity index (χ0n) is 11.2. The third kappa shape index (κ3) is 2.43. The average molecular weight is 349 g/mol. The lowest BCUT2D eigenvalue weighted by Gasteiger charge is -1.98. The summed E-state index contributed by atoms with van der Waals surface area (Å²) in [7, 11) is 0. The Morgan fingerprint density at radius 1 is 1.15 bits per heavy atom. The Labute approximate surface area is 129 Å². The van der Waals surface area contributed by atoms with E-state index in [0.717, 1.165) is 22.0 Å². The van der Waals surface area contributed by atoms with Gasteiger partial charge in [-0.1, -0.05) is 22.9 Å². The van der Waals surface area contributed by atoms with Crippen LogP contribution >= 0.6 is 27.3 Å². The standard InChI is InChI=1S/C15H13BrN2OS/c1-3-12-9(2)20-8-13(12)15-18-17-14(19-15)10-4-6-11(16)7-5-10/h4-8H,3H2,1-2H3. The second-order valence-electron chi connectivity index (χ2n) is 4.46. The van der Waals surface area contributed by atoms with Crippen LogP contribution in [-0.2, 0) is 6.42 Å². The first-order valence-corrected chi connectivity index (χ1v) is 8.03. The minimum Gasteiger partial charge on any atom is -0.416 e. The summed E-state index contributed by atoms with van der Waals surface area (Å²) in [5.74, 6) is 1.16. The molecule has 0 N–H and O–H groups in total. The molecule has 2 heterocycles. The van der Waals surface area contributed by atoms with Crippen molar-refractivity contribution in [2.45, 2.75) is 20.3 Å². The Kier molecular flexibility index (Phi) is 3.72. The highest BCUT2D eigenvalue weighted by Gasteiger charge is 2.15. The highest BCUT2D eigenvalue weighted by Crippen LogP contribution is 2.32. The van der Waals surface area contributed by atoms with Crippen LogP contribution in [-0.4, -0.2) is 10.2 Å². The Morgan fingerprint density at radius 3 is 2.55 bits per heavy atom. The molecule has 0 spiro atoms. The predicted molar refractivity (Wildman–Crippen MR) is 84.9 cm³/mol. The Hall–Kier alpha value is -1.46. The second-order valence-corrected chi connectivity index (χ2v) is 6.46. The molecule has 1 aromatic carbocycles. The van der Waals surface area contributed by atoms with E-state index in [1.807, 2.05) is 24.3 Å². The lowest BCUT2D eigenvalue weighted by molar-refractivity contribution is 0.584. The van der Waals surface area contributed by atoms with E-state index in [0.29, 0.717) is 11.8 Å². The van der Waals surface area contributed by atoms with Gasteiger partial charge in [0.15, 0.2) is 0 Å². The van der Waals surface area contributed by atoms with Gasteiger partial charge < -0.3 is 4.42 Å². The highest BCUT2D eigenvalue weighted by molar-refractivity contribution is 9.10. The fraction of sp³-hybridized carbons (Fsp3) is 0.200. The Balaban J connectivity index is 1.99. The third-order valence-electron chi connectivity index (χ3n) is 3.20. The molecule has 3 rings (SSSR count). The van der Waals surface area contributed by atoms with E-state index in [1.54, 1.807) is 11.3 Å². The molecule has 0 bridgehead atoms. The van der Waals surface area contributed by atoms with Gasteiger partial charge in [-0.3, -0.25) is 0 Å². The summed E-state index contributed by atoms with van der Waals surface area (Å²) in [4.78, 5) is 1.31. The van der Waals surface area contributed by atoms with Crippen molar-refractivity contribution < 1.29 is 4.42 Å². The van der Waals surface area contributed by atoms with Gasteiger partial charge in [0.05, 0.1) is 5.56 Å². The van der Waals surface area contributed by atoms with Gasteiger partial charge in [0.1, 0.15) is 0 Å².